The molecule has 0 saturated carbocycles. The van der Waals surface area contributed by atoms with E-state index in [4.69, 9.17) is 11.6 Å². The monoisotopic (exact) mass is 283 g/mol. The van der Waals surface area contributed by atoms with E-state index in [1.165, 1.54) is 16.5 Å². The maximum atomic E-state index is 13.4. The van der Waals surface area contributed by atoms with Gasteiger partial charge in [-0.2, -0.15) is 0 Å². The fraction of sp³-hybridized carbons (Fsp3) is 0.286. The van der Waals surface area contributed by atoms with Crippen LogP contribution in [0.4, 0.5) is 4.39 Å². The zero-order chi connectivity index (χ0) is 13.1. The Labute approximate surface area is 116 Å². The van der Waals surface area contributed by atoms with Crippen molar-refractivity contribution in [3.8, 4) is 0 Å². The molecule has 4 heteroatoms. The molecule has 2 aromatic rings. The minimum atomic E-state index is -0.355. The molecule has 1 unspecified atom stereocenters. The minimum absolute atomic E-state index is 0.173. The van der Waals surface area contributed by atoms with Gasteiger partial charge in [0.2, 0.25) is 0 Å². The molecule has 1 N–H and O–H groups in total. The maximum absolute atomic E-state index is 13.4. The topological polar surface area (TPSA) is 12.0 Å². The molecule has 1 heterocycles. The van der Waals surface area contributed by atoms with Gasteiger partial charge in [0.15, 0.2) is 0 Å². The zero-order valence-corrected chi connectivity index (χ0v) is 11.9. The molecule has 0 aliphatic carbocycles. The van der Waals surface area contributed by atoms with Crippen LogP contribution in [0, 0.1) is 12.7 Å². The van der Waals surface area contributed by atoms with Gasteiger partial charge in [-0.05, 0) is 55.1 Å². The summed E-state index contributed by atoms with van der Waals surface area (Å²) in [6, 6.07) is 7.31. The van der Waals surface area contributed by atoms with E-state index in [0.717, 1.165) is 12.0 Å². The van der Waals surface area contributed by atoms with E-state index in [0.29, 0.717) is 0 Å². The molecule has 0 bridgehead atoms. The van der Waals surface area contributed by atoms with Gasteiger partial charge in [-0.25, -0.2) is 4.39 Å². The summed E-state index contributed by atoms with van der Waals surface area (Å²) >= 11 is 7.41. The summed E-state index contributed by atoms with van der Waals surface area (Å²) in [5, 5.41) is 5.54. The fourth-order valence-electron chi connectivity index (χ4n) is 1.97. The van der Waals surface area contributed by atoms with Crippen molar-refractivity contribution in [1.82, 2.24) is 5.32 Å². The van der Waals surface area contributed by atoms with Crippen LogP contribution in [0.1, 0.15) is 22.0 Å². The van der Waals surface area contributed by atoms with Crippen LogP contribution in [0.3, 0.4) is 0 Å². The SMILES string of the molecule is CNC(Cc1ccc(Cl)c(F)c1)c1sccc1C. The first-order chi connectivity index (χ1) is 8.61. The summed E-state index contributed by atoms with van der Waals surface area (Å²) in [5.41, 5.74) is 2.22. The third-order valence-electron chi connectivity index (χ3n) is 2.99. The van der Waals surface area contributed by atoms with Crippen molar-refractivity contribution in [3.63, 3.8) is 0 Å². The number of benzene rings is 1. The normalized spacial score (nSPS) is 12.7. The van der Waals surface area contributed by atoms with E-state index in [2.05, 4.69) is 23.7 Å². The molecule has 2 rings (SSSR count). The third kappa shape index (κ3) is 2.91. The van der Waals surface area contributed by atoms with Gasteiger partial charge < -0.3 is 5.32 Å². The van der Waals surface area contributed by atoms with Gasteiger partial charge in [-0.15, -0.1) is 11.3 Å². The van der Waals surface area contributed by atoms with Crippen molar-refractivity contribution >= 4 is 22.9 Å². The Kier molecular flexibility index (Phi) is 4.38. The maximum Gasteiger partial charge on any atom is 0.142 e. The average Bonchev–Trinajstić information content (AvgIpc) is 2.77. The second kappa shape index (κ2) is 5.83. The van der Waals surface area contributed by atoms with Crippen molar-refractivity contribution in [1.29, 1.82) is 0 Å². The fourth-order valence-corrected chi connectivity index (χ4v) is 3.13. The Hall–Kier alpha value is -0.900. The van der Waals surface area contributed by atoms with Crippen LogP contribution < -0.4 is 5.32 Å². The van der Waals surface area contributed by atoms with E-state index in [1.54, 1.807) is 17.4 Å². The van der Waals surface area contributed by atoms with Crippen LogP contribution in [-0.2, 0) is 6.42 Å². The number of halogens is 2. The highest BCUT2D eigenvalue weighted by Crippen LogP contribution is 2.27. The van der Waals surface area contributed by atoms with Gasteiger partial charge in [0.25, 0.3) is 0 Å². The van der Waals surface area contributed by atoms with Gasteiger partial charge in [0.05, 0.1) is 5.02 Å². The molecule has 0 spiro atoms. The highest BCUT2D eigenvalue weighted by molar-refractivity contribution is 7.10. The molecule has 0 amide bonds. The Morgan fingerprint density at radius 3 is 2.72 bits per heavy atom. The van der Waals surface area contributed by atoms with Crippen LogP contribution in [0.25, 0.3) is 0 Å². The lowest BCUT2D eigenvalue weighted by Crippen LogP contribution is -2.18. The molecule has 0 radical (unpaired) electrons. The lowest BCUT2D eigenvalue weighted by Gasteiger charge is -2.16. The van der Waals surface area contributed by atoms with Crippen LogP contribution in [0.5, 0.6) is 0 Å². The van der Waals surface area contributed by atoms with Crippen molar-refractivity contribution in [3.05, 3.63) is 56.5 Å². The average molecular weight is 284 g/mol. The van der Waals surface area contributed by atoms with E-state index in [-0.39, 0.29) is 16.9 Å². The second-order valence-electron chi connectivity index (χ2n) is 4.26. The zero-order valence-electron chi connectivity index (χ0n) is 10.3. The van der Waals surface area contributed by atoms with Gasteiger partial charge in [-0.3, -0.25) is 0 Å². The largest absolute Gasteiger partial charge is 0.312 e. The third-order valence-corrected chi connectivity index (χ3v) is 4.43. The first-order valence-electron chi connectivity index (χ1n) is 5.77. The lowest BCUT2D eigenvalue weighted by molar-refractivity contribution is 0.590. The molecule has 18 heavy (non-hydrogen) atoms. The van der Waals surface area contributed by atoms with Crippen molar-refractivity contribution < 1.29 is 4.39 Å². The van der Waals surface area contributed by atoms with E-state index < -0.39 is 0 Å². The van der Waals surface area contributed by atoms with E-state index in [1.807, 2.05) is 13.1 Å². The Balaban J connectivity index is 2.20. The summed E-state index contributed by atoms with van der Waals surface area (Å²) < 4.78 is 13.4. The van der Waals surface area contributed by atoms with Crippen LogP contribution >= 0.6 is 22.9 Å². The Morgan fingerprint density at radius 2 is 2.17 bits per heavy atom. The smallest absolute Gasteiger partial charge is 0.142 e. The summed E-state index contributed by atoms with van der Waals surface area (Å²) in [6.07, 6.45) is 0.756. The molecule has 96 valence electrons. The molecule has 0 fully saturated rings. The lowest BCUT2D eigenvalue weighted by atomic mass is 10.0. The van der Waals surface area contributed by atoms with Crippen LogP contribution in [-0.4, -0.2) is 7.05 Å². The molecule has 0 aliphatic heterocycles. The summed E-state index contributed by atoms with van der Waals surface area (Å²) in [7, 11) is 1.93. The number of thiophene rings is 1. The molecular formula is C14H15ClFNS. The van der Waals surface area contributed by atoms with Gasteiger partial charge in [0.1, 0.15) is 5.82 Å². The first-order valence-corrected chi connectivity index (χ1v) is 7.02. The molecule has 1 nitrogen and oxygen atoms in total. The molecule has 1 aromatic carbocycles. The van der Waals surface area contributed by atoms with E-state index in [9.17, 15) is 4.39 Å². The Bertz CT molecular complexity index is 538. The summed E-state index contributed by atoms with van der Waals surface area (Å²) in [4.78, 5) is 1.30. The highest BCUT2D eigenvalue weighted by atomic mass is 35.5. The van der Waals surface area contributed by atoms with Gasteiger partial charge in [-0.1, -0.05) is 17.7 Å². The summed E-state index contributed by atoms with van der Waals surface area (Å²) in [6.45, 7) is 2.10. The highest BCUT2D eigenvalue weighted by Gasteiger charge is 2.14. The standard InChI is InChI=1S/C14H15ClFNS/c1-9-5-6-18-14(9)13(17-2)8-10-3-4-11(15)12(16)7-10/h3-7,13,17H,8H2,1-2H3. The Morgan fingerprint density at radius 1 is 1.39 bits per heavy atom. The van der Waals surface area contributed by atoms with Crippen molar-refractivity contribution in [2.75, 3.05) is 7.05 Å². The number of likely N-dealkylation sites (N-methyl/N-ethyl adjacent to an activating group) is 1. The predicted molar refractivity (Wildman–Crippen MR) is 76.0 cm³/mol. The summed E-state index contributed by atoms with van der Waals surface area (Å²) in [5.74, 6) is -0.355. The molecule has 1 atom stereocenters. The number of nitrogens with one attached hydrogen (secondary N) is 1. The quantitative estimate of drug-likeness (QED) is 0.879. The van der Waals surface area contributed by atoms with Crippen LogP contribution in [0.15, 0.2) is 29.6 Å². The van der Waals surface area contributed by atoms with Crippen molar-refractivity contribution in [2.24, 2.45) is 0 Å². The molecule has 0 saturated heterocycles. The number of hydrogen-bond acceptors (Lipinski definition) is 2. The van der Waals surface area contributed by atoms with E-state index >= 15 is 0 Å². The molecular weight excluding hydrogens is 269 g/mol. The van der Waals surface area contributed by atoms with Gasteiger partial charge in [0, 0.05) is 10.9 Å². The molecule has 0 aliphatic rings. The number of aryl methyl sites for hydroxylation is 1. The van der Waals surface area contributed by atoms with Gasteiger partial charge >= 0.3 is 0 Å². The van der Waals surface area contributed by atoms with Crippen LogP contribution in [0.2, 0.25) is 5.02 Å². The number of hydrogen-bond donors (Lipinski definition) is 1. The predicted octanol–water partition coefficient (Wildman–Crippen LogP) is 4.35. The molecule has 1 aromatic heterocycles. The number of rotatable bonds is 4. The first kappa shape index (κ1) is 13.5. The van der Waals surface area contributed by atoms with Crippen molar-refractivity contribution in [2.45, 2.75) is 19.4 Å². The second-order valence-corrected chi connectivity index (χ2v) is 5.62. The minimum Gasteiger partial charge on any atom is -0.312 e.